The van der Waals surface area contributed by atoms with Crippen LogP contribution >= 0.6 is 11.6 Å². The Hall–Kier alpha value is -3.43. The van der Waals surface area contributed by atoms with Gasteiger partial charge in [-0.1, -0.05) is 61.2 Å². The smallest absolute Gasteiger partial charge is 0.264 e. The number of rotatable bonds is 11. The number of benzene rings is 3. The summed E-state index contributed by atoms with van der Waals surface area (Å²) in [6.07, 6.45) is 4.16. The van der Waals surface area contributed by atoms with Gasteiger partial charge >= 0.3 is 0 Å². The summed E-state index contributed by atoms with van der Waals surface area (Å²) >= 11 is 6.00. The number of nitrogens with zero attached hydrogens (tertiary/aromatic N) is 2. The summed E-state index contributed by atoms with van der Waals surface area (Å²) in [7, 11) is -4.19. The number of anilines is 1. The molecule has 0 aliphatic heterocycles. The van der Waals surface area contributed by atoms with Crippen LogP contribution in [0.5, 0.6) is 0 Å². The van der Waals surface area contributed by atoms with Crippen molar-refractivity contribution in [1.82, 2.24) is 10.2 Å². The number of carbonyl (C=O) groups is 2. The van der Waals surface area contributed by atoms with Crippen molar-refractivity contribution in [3.63, 3.8) is 0 Å². The van der Waals surface area contributed by atoms with E-state index in [9.17, 15) is 22.4 Å². The molecule has 2 amide bonds. The third-order valence-corrected chi connectivity index (χ3v) is 9.40. The highest BCUT2D eigenvalue weighted by molar-refractivity contribution is 7.92. The van der Waals surface area contributed by atoms with Gasteiger partial charge in [-0.05, 0) is 80.3 Å². The first kappa shape index (κ1) is 30.5. The molecule has 3 aromatic rings. The molecule has 0 radical (unpaired) electrons. The first-order chi connectivity index (χ1) is 19.6. The van der Waals surface area contributed by atoms with Crippen LogP contribution in [0.15, 0.2) is 77.7 Å². The van der Waals surface area contributed by atoms with Gasteiger partial charge in [0.25, 0.3) is 10.0 Å². The monoisotopic (exact) mass is 599 g/mol. The van der Waals surface area contributed by atoms with Crippen molar-refractivity contribution in [2.24, 2.45) is 0 Å². The number of halogens is 2. The molecule has 0 bridgehead atoms. The molecule has 218 valence electrons. The Morgan fingerprint density at radius 2 is 1.59 bits per heavy atom. The predicted molar refractivity (Wildman–Crippen MR) is 159 cm³/mol. The molecule has 1 aliphatic rings. The lowest BCUT2D eigenvalue weighted by Crippen LogP contribution is -2.53. The number of carbonyl (C=O) groups excluding carboxylic acids is 2. The second kappa shape index (κ2) is 13.5. The first-order valence-corrected chi connectivity index (χ1v) is 15.6. The fourth-order valence-electron chi connectivity index (χ4n) is 5.05. The van der Waals surface area contributed by atoms with Crippen LogP contribution in [0.2, 0.25) is 5.02 Å². The van der Waals surface area contributed by atoms with Gasteiger partial charge in [0.05, 0.1) is 10.6 Å². The zero-order valence-corrected chi connectivity index (χ0v) is 24.8. The predicted octanol–water partition coefficient (Wildman–Crippen LogP) is 5.85. The number of amides is 2. The first-order valence-electron chi connectivity index (χ1n) is 13.8. The van der Waals surface area contributed by atoms with E-state index in [0.29, 0.717) is 22.7 Å². The largest absolute Gasteiger partial charge is 0.352 e. The normalized spacial score (nSPS) is 14.4. The highest BCUT2D eigenvalue weighted by Crippen LogP contribution is 2.26. The number of nitrogens with one attached hydrogen (secondary N) is 1. The van der Waals surface area contributed by atoms with Crippen LogP contribution in [0.3, 0.4) is 0 Å². The summed E-state index contributed by atoms with van der Waals surface area (Å²) in [4.78, 5) is 28.9. The molecule has 3 aromatic carbocycles. The summed E-state index contributed by atoms with van der Waals surface area (Å²) in [6, 6.07) is 17.5. The fourth-order valence-corrected chi connectivity index (χ4v) is 6.59. The Balaban J connectivity index is 1.70. The Labute approximate surface area is 246 Å². The standard InChI is InChI=1S/C31H35ClFN3O4S/c1-3-29(31(38)34-26-6-4-5-7-26)35(20-23-10-14-25(33)15-11-23)30(37)21-36(27-16-8-22(2)9-17-27)41(39,40)28-18-12-24(32)13-19-28/h8-19,26,29H,3-7,20-21H2,1-2H3,(H,34,38). The van der Waals surface area contributed by atoms with E-state index in [1.807, 2.05) is 13.8 Å². The van der Waals surface area contributed by atoms with Crippen molar-refractivity contribution in [2.75, 3.05) is 10.8 Å². The van der Waals surface area contributed by atoms with E-state index < -0.39 is 34.3 Å². The average Bonchev–Trinajstić information content (AvgIpc) is 3.46. The van der Waals surface area contributed by atoms with E-state index in [-0.39, 0.29) is 23.4 Å². The summed E-state index contributed by atoms with van der Waals surface area (Å²) in [5.41, 5.74) is 1.86. The molecule has 1 atom stereocenters. The molecular weight excluding hydrogens is 565 g/mol. The van der Waals surface area contributed by atoms with Gasteiger partial charge in [-0.15, -0.1) is 0 Å². The van der Waals surface area contributed by atoms with Gasteiger partial charge in [0.15, 0.2) is 0 Å². The minimum atomic E-state index is -4.19. The van der Waals surface area contributed by atoms with Crippen molar-refractivity contribution >= 4 is 39.1 Å². The summed E-state index contributed by atoms with van der Waals surface area (Å²) in [5, 5.41) is 3.46. The molecule has 1 N–H and O–H groups in total. The Morgan fingerprint density at radius 1 is 0.976 bits per heavy atom. The SMILES string of the molecule is CCC(C(=O)NC1CCCC1)N(Cc1ccc(F)cc1)C(=O)CN(c1ccc(C)cc1)S(=O)(=O)c1ccc(Cl)cc1. The van der Waals surface area contributed by atoms with Crippen molar-refractivity contribution < 1.29 is 22.4 Å². The van der Waals surface area contributed by atoms with E-state index in [1.54, 1.807) is 36.4 Å². The van der Waals surface area contributed by atoms with Crippen LogP contribution in [-0.2, 0) is 26.2 Å². The summed E-state index contributed by atoms with van der Waals surface area (Å²) in [6.45, 7) is 3.17. The van der Waals surface area contributed by atoms with Crippen LogP contribution in [0.25, 0.3) is 0 Å². The van der Waals surface area contributed by atoms with Gasteiger partial charge in [0, 0.05) is 17.6 Å². The average molecular weight is 600 g/mol. The van der Waals surface area contributed by atoms with Crippen molar-refractivity contribution in [2.45, 2.75) is 69.5 Å². The molecule has 4 rings (SSSR count). The molecule has 1 unspecified atom stereocenters. The second-order valence-corrected chi connectivity index (χ2v) is 12.7. The maximum absolute atomic E-state index is 14.1. The van der Waals surface area contributed by atoms with Crippen molar-refractivity contribution in [1.29, 1.82) is 0 Å². The molecule has 1 aliphatic carbocycles. The molecule has 10 heteroatoms. The molecule has 1 saturated carbocycles. The molecule has 0 heterocycles. The number of aryl methyl sites for hydroxylation is 1. The number of hydrogen-bond acceptors (Lipinski definition) is 4. The van der Waals surface area contributed by atoms with E-state index in [1.165, 1.54) is 41.3 Å². The molecule has 0 spiro atoms. The van der Waals surface area contributed by atoms with E-state index in [2.05, 4.69) is 5.32 Å². The minimum absolute atomic E-state index is 0.0123. The van der Waals surface area contributed by atoms with Crippen molar-refractivity contribution in [3.8, 4) is 0 Å². The van der Waals surface area contributed by atoms with Gasteiger partial charge in [0.2, 0.25) is 11.8 Å². The Bertz CT molecular complexity index is 1440. The zero-order valence-electron chi connectivity index (χ0n) is 23.2. The quantitative estimate of drug-likeness (QED) is 0.300. The van der Waals surface area contributed by atoms with E-state index in [4.69, 9.17) is 11.6 Å². The lowest BCUT2D eigenvalue weighted by molar-refractivity contribution is -0.140. The van der Waals surface area contributed by atoms with Gasteiger partial charge in [-0.3, -0.25) is 13.9 Å². The van der Waals surface area contributed by atoms with Gasteiger partial charge in [0.1, 0.15) is 18.4 Å². The molecule has 7 nitrogen and oxygen atoms in total. The Kier molecular flexibility index (Phi) is 10.0. The Morgan fingerprint density at radius 3 is 2.17 bits per heavy atom. The van der Waals surface area contributed by atoms with Crippen LogP contribution in [0, 0.1) is 12.7 Å². The molecule has 41 heavy (non-hydrogen) atoms. The van der Waals surface area contributed by atoms with Gasteiger partial charge in [-0.25, -0.2) is 12.8 Å². The van der Waals surface area contributed by atoms with Gasteiger partial charge in [-0.2, -0.15) is 0 Å². The van der Waals surface area contributed by atoms with Gasteiger partial charge < -0.3 is 10.2 Å². The highest BCUT2D eigenvalue weighted by Gasteiger charge is 2.34. The number of hydrogen-bond donors (Lipinski definition) is 1. The lowest BCUT2D eigenvalue weighted by Gasteiger charge is -2.33. The molecular formula is C31H35ClFN3O4S. The summed E-state index contributed by atoms with van der Waals surface area (Å²) in [5.74, 6) is -1.25. The maximum Gasteiger partial charge on any atom is 0.264 e. The molecule has 1 fully saturated rings. The maximum atomic E-state index is 14.1. The van der Waals surface area contributed by atoms with Crippen LogP contribution in [0.1, 0.15) is 50.2 Å². The summed E-state index contributed by atoms with van der Waals surface area (Å²) < 4.78 is 42.4. The van der Waals surface area contributed by atoms with Crippen LogP contribution in [0.4, 0.5) is 10.1 Å². The highest BCUT2D eigenvalue weighted by atomic mass is 35.5. The van der Waals surface area contributed by atoms with E-state index >= 15 is 0 Å². The lowest BCUT2D eigenvalue weighted by atomic mass is 10.1. The van der Waals surface area contributed by atoms with Crippen LogP contribution in [-0.4, -0.2) is 43.8 Å². The fraction of sp³-hybridized carbons (Fsp3) is 0.355. The minimum Gasteiger partial charge on any atom is -0.352 e. The van der Waals surface area contributed by atoms with Crippen LogP contribution < -0.4 is 9.62 Å². The molecule has 0 saturated heterocycles. The third-order valence-electron chi connectivity index (χ3n) is 7.36. The third kappa shape index (κ3) is 7.65. The second-order valence-electron chi connectivity index (χ2n) is 10.4. The molecule has 0 aromatic heterocycles. The van der Waals surface area contributed by atoms with E-state index in [0.717, 1.165) is 35.6 Å². The number of sulfonamides is 1. The van der Waals surface area contributed by atoms with Crippen molar-refractivity contribution in [3.05, 3.63) is 94.8 Å². The zero-order chi connectivity index (χ0) is 29.6. The topological polar surface area (TPSA) is 86.8 Å².